The molecule has 0 unspecified atom stereocenters. The summed E-state index contributed by atoms with van der Waals surface area (Å²) in [6.07, 6.45) is 1.96. The number of imidazole rings is 1. The lowest BCUT2D eigenvalue weighted by Crippen LogP contribution is -2.13. The van der Waals surface area contributed by atoms with Gasteiger partial charge in [-0.2, -0.15) is 0 Å². The van der Waals surface area contributed by atoms with Crippen molar-refractivity contribution in [1.82, 2.24) is 14.4 Å². The molecule has 0 amide bonds. The second-order valence-corrected chi connectivity index (χ2v) is 6.95. The first kappa shape index (κ1) is 13.3. The van der Waals surface area contributed by atoms with Crippen molar-refractivity contribution in [1.29, 1.82) is 0 Å². The van der Waals surface area contributed by atoms with E-state index in [2.05, 4.69) is 73.5 Å². The Labute approximate surface area is 129 Å². The van der Waals surface area contributed by atoms with Crippen molar-refractivity contribution in [3.8, 4) is 0 Å². The fourth-order valence-electron chi connectivity index (χ4n) is 3.04. The van der Waals surface area contributed by atoms with Gasteiger partial charge < -0.3 is 0 Å². The molecule has 3 aromatic heterocycles. The maximum Gasteiger partial charge on any atom is 0.146 e. The smallest absolute Gasteiger partial charge is 0.146 e. The third-order valence-corrected chi connectivity index (χ3v) is 4.23. The summed E-state index contributed by atoms with van der Waals surface area (Å²) < 4.78 is 2.21. The zero-order chi connectivity index (χ0) is 15.5. The first-order valence-electron chi connectivity index (χ1n) is 7.62. The molecule has 1 aromatic carbocycles. The zero-order valence-electron chi connectivity index (χ0n) is 13.4. The van der Waals surface area contributed by atoms with Gasteiger partial charge in [0.15, 0.2) is 0 Å². The number of aryl methyl sites for hydroxylation is 1. The number of hydrogen-bond acceptors (Lipinski definition) is 2. The predicted octanol–water partition coefficient (Wildman–Crippen LogP) is 4.64. The molecule has 0 bridgehead atoms. The summed E-state index contributed by atoms with van der Waals surface area (Å²) in [5.74, 6) is 0. The lowest BCUT2D eigenvalue weighted by atomic mass is 9.91. The summed E-state index contributed by atoms with van der Waals surface area (Å²) in [5, 5.41) is 2.41. The molecule has 0 N–H and O–H groups in total. The molecule has 0 radical (unpaired) electrons. The fourth-order valence-corrected chi connectivity index (χ4v) is 3.04. The standard InChI is InChI=1S/C19H19N3/c1-12-9-13-7-5-6-8-14(13)18-21-15-10-17(19(2,3)4)20-11-16(15)22(12)18/h5-11H,1-4H3. The lowest BCUT2D eigenvalue weighted by Gasteiger charge is -2.17. The Morgan fingerprint density at radius 1 is 1.05 bits per heavy atom. The SMILES string of the molecule is Cc1cc2ccccc2c2nc3cc(C(C)(C)C)ncc3n12. The van der Waals surface area contributed by atoms with E-state index in [0.717, 1.165) is 22.4 Å². The molecule has 0 saturated carbocycles. The minimum absolute atomic E-state index is 0.0289. The van der Waals surface area contributed by atoms with E-state index < -0.39 is 0 Å². The molecule has 0 aliphatic heterocycles. The van der Waals surface area contributed by atoms with Gasteiger partial charge in [0, 0.05) is 22.2 Å². The molecule has 3 heteroatoms. The van der Waals surface area contributed by atoms with Crippen molar-refractivity contribution in [2.45, 2.75) is 33.1 Å². The number of hydrogen-bond donors (Lipinski definition) is 0. The van der Waals surface area contributed by atoms with Gasteiger partial charge in [0.2, 0.25) is 0 Å². The van der Waals surface area contributed by atoms with Crippen LogP contribution in [0.15, 0.2) is 42.6 Å². The first-order chi connectivity index (χ1) is 10.4. The molecular weight excluding hydrogens is 270 g/mol. The van der Waals surface area contributed by atoms with Crippen LogP contribution in [0.2, 0.25) is 0 Å². The van der Waals surface area contributed by atoms with E-state index in [0.29, 0.717) is 0 Å². The summed E-state index contributed by atoms with van der Waals surface area (Å²) in [4.78, 5) is 9.56. The molecule has 4 aromatic rings. The molecule has 110 valence electrons. The molecule has 0 atom stereocenters. The van der Waals surface area contributed by atoms with Gasteiger partial charge in [-0.25, -0.2) is 4.98 Å². The highest BCUT2D eigenvalue weighted by Gasteiger charge is 2.18. The van der Waals surface area contributed by atoms with Gasteiger partial charge >= 0.3 is 0 Å². The summed E-state index contributed by atoms with van der Waals surface area (Å²) in [5.41, 5.74) is 5.39. The number of benzene rings is 1. The monoisotopic (exact) mass is 289 g/mol. The molecular formula is C19H19N3. The van der Waals surface area contributed by atoms with E-state index in [-0.39, 0.29) is 5.41 Å². The van der Waals surface area contributed by atoms with Gasteiger partial charge in [-0.15, -0.1) is 0 Å². The fraction of sp³-hybridized carbons (Fsp3) is 0.263. The Bertz CT molecular complexity index is 1020. The molecule has 3 heterocycles. The molecule has 0 aliphatic rings. The van der Waals surface area contributed by atoms with Crippen molar-refractivity contribution in [2.75, 3.05) is 0 Å². The van der Waals surface area contributed by atoms with Crippen LogP contribution in [0.5, 0.6) is 0 Å². The Kier molecular flexibility index (Phi) is 2.59. The summed E-state index contributed by atoms with van der Waals surface area (Å²) in [7, 11) is 0. The zero-order valence-corrected chi connectivity index (χ0v) is 13.4. The molecule has 0 fully saturated rings. The minimum Gasteiger partial charge on any atom is -0.295 e. The van der Waals surface area contributed by atoms with Crippen molar-refractivity contribution >= 4 is 27.5 Å². The summed E-state index contributed by atoms with van der Waals surface area (Å²) >= 11 is 0. The van der Waals surface area contributed by atoms with Crippen LogP contribution < -0.4 is 0 Å². The second-order valence-electron chi connectivity index (χ2n) is 6.95. The second kappa shape index (κ2) is 4.29. The minimum atomic E-state index is 0.0289. The molecule has 4 rings (SSSR count). The lowest BCUT2D eigenvalue weighted by molar-refractivity contribution is 0.570. The number of fused-ring (bicyclic) bond motifs is 5. The number of rotatable bonds is 0. The van der Waals surface area contributed by atoms with Crippen molar-refractivity contribution in [3.05, 3.63) is 54.0 Å². The largest absolute Gasteiger partial charge is 0.295 e. The van der Waals surface area contributed by atoms with E-state index in [4.69, 9.17) is 4.98 Å². The van der Waals surface area contributed by atoms with Gasteiger partial charge in [0.25, 0.3) is 0 Å². The van der Waals surface area contributed by atoms with Crippen LogP contribution in [0.1, 0.15) is 32.2 Å². The van der Waals surface area contributed by atoms with Crippen molar-refractivity contribution in [3.63, 3.8) is 0 Å². The third-order valence-electron chi connectivity index (χ3n) is 4.23. The van der Waals surface area contributed by atoms with Crippen LogP contribution in [-0.2, 0) is 5.41 Å². The van der Waals surface area contributed by atoms with Crippen LogP contribution in [0.3, 0.4) is 0 Å². The van der Waals surface area contributed by atoms with E-state index in [1.165, 1.54) is 16.5 Å². The quantitative estimate of drug-likeness (QED) is 0.472. The van der Waals surface area contributed by atoms with Crippen molar-refractivity contribution < 1.29 is 0 Å². The van der Waals surface area contributed by atoms with Crippen LogP contribution in [0.4, 0.5) is 0 Å². The molecule has 0 aliphatic carbocycles. The molecule has 0 saturated heterocycles. The van der Waals surface area contributed by atoms with Crippen molar-refractivity contribution in [2.24, 2.45) is 0 Å². The highest BCUT2D eigenvalue weighted by atomic mass is 15.0. The van der Waals surface area contributed by atoms with Gasteiger partial charge in [0.1, 0.15) is 5.65 Å². The highest BCUT2D eigenvalue weighted by Crippen LogP contribution is 2.28. The van der Waals surface area contributed by atoms with Crippen LogP contribution in [-0.4, -0.2) is 14.4 Å². The van der Waals surface area contributed by atoms with Crippen LogP contribution in [0.25, 0.3) is 27.5 Å². The normalized spacial score (nSPS) is 12.5. The van der Waals surface area contributed by atoms with E-state index in [1.54, 1.807) is 0 Å². The maximum atomic E-state index is 4.90. The average Bonchev–Trinajstić information content (AvgIpc) is 2.85. The first-order valence-corrected chi connectivity index (χ1v) is 7.62. The molecule has 22 heavy (non-hydrogen) atoms. The number of nitrogens with zero attached hydrogens (tertiary/aromatic N) is 3. The van der Waals surface area contributed by atoms with Crippen LogP contribution >= 0.6 is 0 Å². The van der Waals surface area contributed by atoms with Gasteiger partial charge in [-0.1, -0.05) is 45.0 Å². The van der Waals surface area contributed by atoms with Gasteiger partial charge in [-0.3, -0.25) is 9.38 Å². The van der Waals surface area contributed by atoms with Gasteiger partial charge in [0.05, 0.1) is 17.2 Å². The average molecular weight is 289 g/mol. The Hall–Kier alpha value is -2.42. The van der Waals surface area contributed by atoms with E-state index in [9.17, 15) is 0 Å². The predicted molar refractivity (Wildman–Crippen MR) is 91.4 cm³/mol. The topological polar surface area (TPSA) is 30.2 Å². The van der Waals surface area contributed by atoms with Gasteiger partial charge in [-0.05, 0) is 24.4 Å². The summed E-state index contributed by atoms with van der Waals surface area (Å²) in [6.45, 7) is 8.66. The highest BCUT2D eigenvalue weighted by molar-refractivity contribution is 5.98. The third kappa shape index (κ3) is 1.82. The van der Waals surface area contributed by atoms with Crippen LogP contribution in [0, 0.1) is 6.92 Å². The number of pyridine rings is 2. The van der Waals surface area contributed by atoms with E-state index >= 15 is 0 Å². The molecule has 0 spiro atoms. The maximum absolute atomic E-state index is 4.90. The summed E-state index contributed by atoms with van der Waals surface area (Å²) in [6, 6.07) is 12.7. The van der Waals surface area contributed by atoms with E-state index in [1.807, 2.05) is 6.20 Å². The molecule has 3 nitrogen and oxygen atoms in total. The Morgan fingerprint density at radius 3 is 2.59 bits per heavy atom. The Balaban J connectivity index is 2.17. The number of aromatic nitrogens is 3. The Morgan fingerprint density at radius 2 is 1.82 bits per heavy atom.